The van der Waals surface area contributed by atoms with Crippen molar-refractivity contribution in [2.24, 2.45) is 0 Å². The van der Waals surface area contributed by atoms with Gasteiger partial charge in [-0.3, -0.25) is 4.79 Å². The van der Waals surface area contributed by atoms with E-state index in [1.165, 1.54) is 4.85 Å². The highest BCUT2D eigenvalue weighted by Crippen LogP contribution is 2.35. The summed E-state index contributed by atoms with van der Waals surface area (Å²) in [5, 5.41) is 10.9. The molecule has 0 saturated heterocycles. The number of para-hydroxylation sites is 2. The lowest BCUT2D eigenvalue weighted by molar-refractivity contribution is -0.117. The number of aromatic nitrogens is 5. The highest BCUT2D eigenvalue weighted by atomic mass is 16.7. The number of carbonyl (C=O) groups excluding carboxylic acids is 1. The van der Waals surface area contributed by atoms with Gasteiger partial charge in [-0.1, -0.05) is 35.2 Å². The number of anilines is 2. The number of hydrogen-bond acceptors (Lipinski definition) is 7. The molecule has 1 amide bonds. The van der Waals surface area contributed by atoms with E-state index in [-0.39, 0.29) is 23.7 Å². The standard InChI is InChI=1S/C20H17N7O2/c21-20-22-12(9-10-14-13-5-1-2-6-15(13)23-19(14)28)11-18(24-20)29-27-17-8-4-3-7-16(17)25-26-27/h1-8,11,14H,9-10H2,(H,23,28)(H2,21,22,24). The highest BCUT2D eigenvalue weighted by molar-refractivity contribution is 6.02. The van der Waals surface area contributed by atoms with Crippen LogP contribution in [0.5, 0.6) is 5.88 Å². The van der Waals surface area contributed by atoms with Gasteiger partial charge in [-0.15, -0.1) is 5.10 Å². The van der Waals surface area contributed by atoms with E-state index in [0.29, 0.717) is 29.6 Å². The molecule has 9 nitrogen and oxygen atoms in total. The molecule has 0 saturated carbocycles. The molecule has 3 N–H and O–H groups in total. The van der Waals surface area contributed by atoms with Gasteiger partial charge in [0, 0.05) is 17.4 Å². The number of aryl methyl sites for hydroxylation is 1. The van der Waals surface area contributed by atoms with Crippen LogP contribution in [0, 0.1) is 0 Å². The predicted octanol–water partition coefficient (Wildman–Crippen LogP) is 2.31. The van der Waals surface area contributed by atoms with Crippen molar-refractivity contribution in [3.63, 3.8) is 0 Å². The minimum atomic E-state index is -0.217. The third kappa shape index (κ3) is 3.22. The molecule has 2 aromatic heterocycles. The molecule has 2 aromatic carbocycles. The Kier molecular flexibility index (Phi) is 4.05. The Balaban J connectivity index is 1.35. The van der Waals surface area contributed by atoms with Gasteiger partial charge in [0.1, 0.15) is 11.0 Å². The van der Waals surface area contributed by atoms with Crippen LogP contribution in [0.25, 0.3) is 11.0 Å². The number of hydrogen-bond donors (Lipinski definition) is 2. The number of nitrogens with two attached hydrogens (primary N) is 1. The first-order chi connectivity index (χ1) is 14.2. The minimum absolute atomic E-state index is 0.00112. The van der Waals surface area contributed by atoms with Gasteiger partial charge < -0.3 is 15.9 Å². The summed E-state index contributed by atoms with van der Waals surface area (Å²) in [5.41, 5.74) is 9.85. The molecular formula is C20H17N7O2. The Morgan fingerprint density at radius 1 is 1.10 bits per heavy atom. The minimum Gasteiger partial charge on any atom is -0.368 e. The fraction of sp³-hybridized carbons (Fsp3) is 0.150. The Bertz CT molecular complexity index is 1220. The Labute approximate surface area is 165 Å². The fourth-order valence-electron chi connectivity index (χ4n) is 3.53. The summed E-state index contributed by atoms with van der Waals surface area (Å²) in [5.74, 6) is 0.141. The molecule has 0 radical (unpaired) electrons. The van der Waals surface area contributed by atoms with Gasteiger partial charge in [0.15, 0.2) is 0 Å². The van der Waals surface area contributed by atoms with Crippen LogP contribution in [-0.4, -0.2) is 31.0 Å². The van der Waals surface area contributed by atoms with E-state index in [0.717, 1.165) is 11.3 Å². The van der Waals surface area contributed by atoms with E-state index >= 15 is 0 Å². The van der Waals surface area contributed by atoms with Gasteiger partial charge in [-0.05, 0) is 41.8 Å². The van der Waals surface area contributed by atoms with Crippen molar-refractivity contribution in [2.45, 2.75) is 18.8 Å². The molecule has 0 bridgehead atoms. The van der Waals surface area contributed by atoms with Crippen LogP contribution in [0.3, 0.4) is 0 Å². The lowest BCUT2D eigenvalue weighted by Crippen LogP contribution is -2.14. The number of nitrogens with one attached hydrogen (secondary N) is 1. The maximum atomic E-state index is 12.3. The second kappa shape index (κ2) is 6.86. The molecule has 29 heavy (non-hydrogen) atoms. The first-order valence-corrected chi connectivity index (χ1v) is 9.19. The van der Waals surface area contributed by atoms with Crippen LogP contribution in [0.1, 0.15) is 23.6 Å². The van der Waals surface area contributed by atoms with E-state index in [1.807, 2.05) is 48.5 Å². The molecule has 3 heterocycles. The largest absolute Gasteiger partial charge is 0.368 e. The molecule has 4 aromatic rings. The monoisotopic (exact) mass is 387 g/mol. The summed E-state index contributed by atoms with van der Waals surface area (Å²) >= 11 is 0. The third-order valence-corrected chi connectivity index (χ3v) is 4.87. The Morgan fingerprint density at radius 2 is 1.93 bits per heavy atom. The summed E-state index contributed by atoms with van der Waals surface area (Å²) < 4.78 is 0. The number of nitrogen functional groups attached to an aromatic ring is 1. The lowest BCUT2D eigenvalue weighted by atomic mass is 9.95. The second-order valence-electron chi connectivity index (χ2n) is 6.77. The summed E-state index contributed by atoms with van der Waals surface area (Å²) in [6.07, 6.45) is 1.15. The molecule has 1 atom stereocenters. The molecule has 0 spiro atoms. The number of rotatable bonds is 5. The zero-order chi connectivity index (χ0) is 19.8. The molecule has 0 aliphatic carbocycles. The molecule has 1 aliphatic rings. The van der Waals surface area contributed by atoms with Gasteiger partial charge in [0.05, 0.1) is 5.92 Å². The molecule has 5 rings (SSSR count). The summed E-state index contributed by atoms with van der Waals surface area (Å²) in [4.78, 5) is 27.7. The number of fused-ring (bicyclic) bond motifs is 2. The van der Waals surface area contributed by atoms with Gasteiger partial charge in [-0.25, -0.2) is 4.98 Å². The first-order valence-electron chi connectivity index (χ1n) is 9.19. The van der Waals surface area contributed by atoms with Crippen molar-refractivity contribution in [2.75, 3.05) is 11.1 Å². The van der Waals surface area contributed by atoms with Crippen molar-refractivity contribution >= 4 is 28.6 Å². The summed E-state index contributed by atoms with van der Waals surface area (Å²) in [6, 6.07) is 16.8. The normalized spacial score (nSPS) is 15.3. The number of carbonyl (C=O) groups is 1. The number of amides is 1. The SMILES string of the molecule is Nc1nc(CCC2C(=O)Nc3ccccc32)cc(On2nnc3ccccc32)n1. The average molecular weight is 387 g/mol. The van der Waals surface area contributed by atoms with Crippen molar-refractivity contribution in [1.82, 2.24) is 25.1 Å². The topological polar surface area (TPSA) is 121 Å². The lowest BCUT2D eigenvalue weighted by Gasteiger charge is -2.10. The molecule has 1 unspecified atom stereocenters. The van der Waals surface area contributed by atoms with Gasteiger partial charge in [0.25, 0.3) is 5.88 Å². The van der Waals surface area contributed by atoms with Crippen LogP contribution >= 0.6 is 0 Å². The summed E-state index contributed by atoms with van der Waals surface area (Å²) in [7, 11) is 0. The van der Waals surface area contributed by atoms with Crippen LogP contribution in [0.15, 0.2) is 54.6 Å². The van der Waals surface area contributed by atoms with Crippen molar-refractivity contribution in [3.8, 4) is 5.88 Å². The third-order valence-electron chi connectivity index (χ3n) is 4.87. The molecule has 0 fully saturated rings. The molecule has 144 valence electrons. The van der Waals surface area contributed by atoms with Crippen LogP contribution in [-0.2, 0) is 11.2 Å². The van der Waals surface area contributed by atoms with Gasteiger partial charge >= 0.3 is 0 Å². The molecule has 9 heteroatoms. The smallest absolute Gasteiger partial charge is 0.253 e. The average Bonchev–Trinajstić information content (AvgIpc) is 3.26. The van der Waals surface area contributed by atoms with Crippen LogP contribution in [0.4, 0.5) is 11.6 Å². The maximum Gasteiger partial charge on any atom is 0.253 e. The van der Waals surface area contributed by atoms with E-state index in [2.05, 4.69) is 25.6 Å². The van der Waals surface area contributed by atoms with Gasteiger partial charge in [-0.2, -0.15) is 4.98 Å². The number of nitrogens with zero attached hydrogens (tertiary/aromatic N) is 5. The van der Waals surface area contributed by atoms with Crippen LogP contribution < -0.4 is 15.9 Å². The van der Waals surface area contributed by atoms with Crippen molar-refractivity contribution < 1.29 is 9.63 Å². The van der Waals surface area contributed by atoms with E-state index in [1.54, 1.807) is 6.07 Å². The van der Waals surface area contributed by atoms with E-state index in [4.69, 9.17) is 10.6 Å². The maximum absolute atomic E-state index is 12.3. The quantitative estimate of drug-likeness (QED) is 0.539. The predicted molar refractivity (Wildman–Crippen MR) is 106 cm³/mol. The first kappa shape index (κ1) is 17.1. The summed E-state index contributed by atoms with van der Waals surface area (Å²) in [6.45, 7) is 0. The van der Waals surface area contributed by atoms with E-state index < -0.39 is 0 Å². The van der Waals surface area contributed by atoms with Crippen molar-refractivity contribution in [3.05, 3.63) is 65.9 Å². The second-order valence-corrected chi connectivity index (χ2v) is 6.77. The zero-order valence-electron chi connectivity index (χ0n) is 15.3. The highest BCUT2D eigenvalue weighted by Gasteiger charge is 2.29. The fourth-order valence-corrected chi connectivity index (χ4v) is 3.53. The van der Waals surface area contributed by atoms with Crippen molar-refractivity contribution in [1.29, 1.82) is 0 Å². The zero-order valence-corrected chi connectivity index (χ0v) is 15.3. The molecular weight excluding hydrogens is 370 g/mol. The Hall–Kier alpha value is -4.01. The molecule has 1 aliphatic heterocycles. The van der Waals surface area contributed by atoms with E-state index in [9.17, 15) is 4.79 Å². The van der Waals surface area contributed by atoms with Crippen LogP contribution in [0.2, 0.25) is 0 Å². The van der Waals surface area contributed by atoms with Gasteiger partial charge in [0.2, 0.25) is 11.9 Å². The number of benzene rings is 2. The Morgan fingerprint density at radius 3 is 2.86 bits per heavy atom.